The van der Waals surface area contributed by atoms with E-state index in [1.54, 1.807) is 12.3 Å². The largest absolute Gasteiger partial charge is 0.372 e. The van der Waals surface area contributed by atoms with Crippen LogP contribution in [-0.4, -0.2) is 10.8 Å². The van der Waals surface area contributed by atoms with Gasteiger partial charge in [-0.25, -0.2) is 0 Å². The summed E-state index contributed by atoms with van der Waals surface area (Å²) in [5.41, 5.74) is 4.49. The number of ether oxygens (including phenoxy) is 1. The maximum Gasteiger partial charge on any atom is 0.195 e. The van der Waals surface area contributed by atoms with Crippen molar-refractivity contribution in [2.45, 2.75) is 13.2 Å². The second kappa shape index (κ2) is 4.72. The van der Waals surface area contributed by atoms with Crippen LogP contribution in [0.5, 0.6) is 0 Å². The van der Waals surface area contributed by atoms with Crippen LogP contribution in [-0.2, 0) is 18.0 Å². The summed E-state index contributed by atoms with van der Waals surface area (Å²) in [5, 5.41) is 1.47. The number of benzene rings is 2. The number of H-pyrrole nitrogens is 1. The molecule has 0 fully saturated rings. The number of halogens is 1. The standard InChI is InChI=1S/C17H12ClNO2/c18-13-3-4-16-14(6-13)15(7-19-16)17(20)10-1-2-11-8-21-9-12(11)5-10/h1-7,19H,8-9H2. The molecular formula is C17H12ClNO2. The molecule has 0 atom stereocenters. The van der Waals surface area contributed by atoms with Crippen molar-refractivity contribution < 1.29 is 9.53 Å². The van der Waals surface area contributed by atoms with Crippen LogP contribution in [0, 0.1) is 0 Å². The van der Waals surface area contributed by atoms with Gasteiger partial charge in [-0.1, -0.05) is 23.7 Å². The van der Waals surface area contributed by atoms with Crippen molar-refractivity contribution in [1.29, 1.82) is 0 Å². The van der Waals surface area contributed by atoms with Gasteiger partial charge in [-0.2, -0.15) is 0 Å². The van der Waals surface area contributed by atoms with Crippen molar-refractivity contribution in [1.82, 2.24) is 4.98 Å². The number of carbonyl (C=O) groups is 1. The Morgan fingerprint density at radius 1 is 1.10 bits per heavy atom. The summed E-state index contributed by atoms with van der Waals surface area (Å²) in [6.07, 6.45) is 1.74. The van der Waals surface area contributed by atoms with Gasteiger partial charge in [0, 0.05) is 33.2 Å². The van der Waals surface area contributed by atoms with E-state index in [-0.39, 0.29) is 5.78 Å². The smallest absolute Gasteiger partial charge is 0.195 e. The SMILES string of the molecule is O=C(c1ccc2c(c1)COC2)c1c[nH]c2ccc(Cl)cc12. The highest BCUT2D eigenvalue weighted by atomic mass is 35.5. The number of carbonyl (C=O) groups excluding carboxylic acids is 1. The summed E-state index contributed by atoms with van der Waals surface area (Å²) in [6, 6.07) is 11.3. The van der Waals surface area contributed by atoms with Crippen LogP contribution in [0.2, 0.25) is 5.02 Å². The molecule has 0 saturated heterocycles. The van der Waals surface area contributed by atoms with Crippen LogP contribution in [0.4, 0.5) is 0 Å². The molecule has 0 amide bonds. The molecule has 0 unspecified atom stereocenters. The molecule has 1 aromatic heterocycles. The van der Waals surface area contributed by atoms with E-state index in [9.17, 15) is 4.79 Å². The molecule has 3 nitrogen and oxygen atoms in total. The number of fused-ring (bicyclic) bond motifs is 2. The van der Waals surface area contributed by atoms with Crippen molar-refractivity contribution >= 4 is 28.3 Å². The average Bonchev–Trinajstić information content (AvgIpc) is 3.11. The Morgan fingerprint density at radius 3 is 2.86 bits per heavy atom. The van der Waals surface area contributed by atoms with Gasteiger partial charge in [0.25, 0.3) is 0 Å². The summed E-state index contributed by atoms with van der Waals surface area (Å²) in [4.78, 5) is 15.8. The summed E-state index contributed by atoms with van der Waals surface area (Å²) < 4.78 is 5.39. The van der Waals surface area contributed by atoms with Gasteiger partial charge in [0.15, 0.2) is 5.78 Å². The zero-order chi connectivity index (χ0) is 14.4. The number of hydrogen-bond acceptors (Lipinski definition) is 2. The highest BCUT2D eigenvalue weighted by Gasteiger charge is 2.18. The van der Waals surface area contributed by atoms with Crippen LogP contribution in [0.15, 0.2) is 42.6 Å². The Morgan fingerprint density at radius 2 is 1.95 bits per heavy atom. The average molecular weight is 298 g/mol. The molecule has 0 saturated carbocycles. The summed E-state index contributed by atoms with van der Waals surface area (Å²) >= 11 is 6.03. The number of ketones is 1. The Hall–Kier alpha value is -2.10. The third kappa shape index (κ3) is 2.06. The van der Waals surface area contributed by atoms with E-state index < -0.39 is 0 Å². The van der Waals surface area contributed by atoms with E-state index >= 15 is 0 Å². The van der Waals surface area contributed by atoms with Crippen LogP contribution < -0.4 is 0 Å². The van der Waals surface area contributed by atoms with Gasteiger partial charge in [0.1, 0.15) is 0 Å². The fourth-order valence-corrected chi connectivity index (χ4v) is 2.92. The van der Waals surface area contributed by atoms with Gasteiger partial charge in [0.2, 0.25) is 0 Å². The lowest BCUT2D eigenvalue weighted by Crippen LogP contribution is -2.01. The van der Waals surface area contributed by atoms with E-state index in [0.717, 1.165) is 22.0 Å². The topological polar surface area (TPSA) is 42.1 Å². The molecule has 2 aromatic carbocycles. The second-order valence-electron chi connectivity index (χ2n) is 5.20. The molecule has 0 bridgehead atoms. The zero-order valence-electron chi connectivity index (χ0n) is 11.2. The molecule has 0 radical (unpaired) electrons. The number of aromatic amines is 1. The van der Waals surface area contributed by atoms with E-state index in [1.807, 2.05) is 30.3 Å². The van der Waals surface area contributed by atoms with Crippen molar-refractivity contribution in [2.24, 2.45) is 0 Å². The molecule has 104 valence electrons. The minimum absolute atomic E-state index is 0.00165. The highest BCUT2D eigenvalue weighted by Crippen LogP contribution is 2.26. The lowest BCUT2D eigenvalue weighted by molar-refractivity contribution is 0.104. The molecule has 21 heavy (non-hydrogen) atoms. The molecule has 1 aliphatic rings. The highest BCUT2D eigenvalue weighted by molar-refractivity contribution is 6.31. The fraction of sp³-hybridized carbons (Fsp3) is 0.118. The van der Waals surface area contributed by atoms with Crippen molar-refractivity contribution in [2.75, 3.05) is 0 Å². The third-order valence-corrected chi connectivity index (χ3v) is 4.11. The van der Waals surface area contributed by atoms with Crippen LogP contribution in [0.3, 0.4) is 0 Å². The van der Waals surface area contributed by atoms with Crippen molar-refractivity contribution in [3.63, 3.8) is 0 Å². The quantitative estimate of drug-likeness (QED) is 0.724. The van der Waals surface area contributed by atoms with Gasteiger partial charge in [-0.15, -0.1) is 0 Å². The van der Waals surface area contributed by atoms with Gasteiger partial charge >= 0.3 is 0 Å². The molecule has 3 aromatic rings. The van der Waals surface area contributed by atoms with Gasteiger partial charge in [0.05, 0.1) is 13.2 Å². The maximum absolute atomic E-state index is 12.7. The monoisotopic (exact) mass is 297 g/mol. The maximum atomic E-state index is 12.7. The van der Waals surface area contributed by atoms with Crippen LogP contribution >= 0.6 is 11.6 Å². The lowest BCUT2D eigenvalue weighted by atomic mass is 9.99. The molecule has 4 rings (SSSR count). The van der Waals surface area contributed by atoms with Crippen LogP contribution in [0.25, 0.3) is 10.9 Å². The zero-order valence-corrected chi connectivity index (χ0v) is 11.9. The Labute approximate surface area is 126 Å². The van der Waals surface area contributed by atoms with E-state index in [4.69, 9.17) is 16.3 Å². The summed E-state index contributed by atoms with van der Waals surface area (Å²) in [7, 11) is 0. The minimum Gasteiger partial charge on any atom is -0.372 e. The predicted octanol–water partition coefficient (Wildman–Crippen LogP) is 4.08. The summed E-state index contributed by atoms with van der Waals surface area (Å²) in [6.45, 7) is 1.21. The Kier molecular flexibility index (Phi) is 2.84. The van der Waals surface area contributed by atoms with Gasteiger partial charge in [-0.05, 0) is 35.4 Å². The third-order valence-electron chi connectivity index (χ3n) is 3.87. The minimum atomic E-state index is -0.00165. The lowest BCUT2D eigenvalue weighted by Gasteiger charge is -2.03. The molecule has 0 aliphatic carbocycles. The number of nitrogens with one attached hydrogen (secondary N) is 1. The second-order valence-corrected chi connectivity index (χ2v) is 5.63. The van der Waals surface area contributed by atoms with Crippen LogP contribution in [0.1, 0.15) is 27.0 Å². The normalized spacial score (nSPS) is 13.6. The first kappa shape index (κ1) is 12.6. The van der Waals surface area contributed by atoms with E-state index in [1.165, 1.54) is 0 Å². The first-order valence-electron chi connectivity index (χ1n) is 6.73. The van der Waals surface area contributed by atoms with E-state index in [2.05, 4.69) is 4.98 Å². The molecule has 1 aliphatic heterocycles. The number of hydrogen-bond donors (Lipinski definition) is 1. The molecule has 1 N–H and O–H groups in total. The Bertz CT molecular complexity index is 866. The number of rotatable bonds is 2. The summed E-state index contributed by atoms with van der Waals surface area (Å²) in [5.74, 6) is -0.00165. The van der Waals surface area contributed by atoms with Crippen molar-refractivity contribution in [3.8, 4) is 0 Å². The molecule has 4 heteroatoms. The molecule has 0 spiro atoms. The van der Waals surface area contributed by atoms with Gasteiger partial charge in [-0.3, -0.25) is 4.79 Å². The van der Waals surface area contributed by atoms with Crippen molar-refractivity contribution in [3.05, 3.63) is 69.9 Å². The molecular weight excluding hydrogens is 286 g/mol. The van der Waals surface area contributed by atoms with E-state index in [0.29, 0.717) is 29.4 Å². The Balaban J connectivity index is 1.81. The molecule has 2 heterocycles. The first-order chi connectivity index (χ1) is 10.2. The fourth-order valence-electron chi connectivity index (χ4n) is 2.75. The predicted molar refractivity (Wildman–Crippen MR) is 81.7 cm³/mol. The number of aromatic nitrogens is 1. The first-order valence-corrected chi connectivity index (χ1v) is 7.11. The van der Waals surface area contributed by atoms with Gasteiger partial charge < -0.3 is 9.72 Å².